The molecule has 0 spiro atoms. The maximum Gasteiger partial charge on any atom is 0.261 e. The van der Waals surface area contributed by atoms with E-state index in [1.54, 1.807) is 54.6 Å². The smallest absolute Gasteiger partial charge is 0.261 e. The van der Waals surface area contributed by atoms with Crippen LogP contribution in [-0.4, -0.2) is 14.3 Å². The Hall–Kier alpha value is -2.83. The number of halogens is 1. The van der Waals surface area contributed by atoms with E-state index < -0.39 is 10.0 Å². The summed E-state index contributed by atoms with van der Waals surface area (Å²) in [6, 6.07) is 21.6. The van der Waals surface area contributed by atoms with E-state index in [2.05, 4.69) is 10.0 Å². The van der Waals surface area contributed by atoms with Gasteiger partial charge in [0.2, 0.25) is 0 Å². The molecule has 0 bridgehead atoms. The highest BCUT2D eigenvalue weighted by atomic mass is 35.5. The van der Waals surface area contributed by atoms with Crippen molar-refractivity contribution >= 4 is 33.2 Å². The maximum absolute atomic E-state index is 12.5. The van der Waals surface area contributed by atoms with Crippen LogP contribution in [0.15, 0.2) is 83.8 Å². The summed E-state index contributed by atoms with van der Waals surface area (Å²) in [5.41, 5.74) is 1.56. The van der Waals surface area contributed by atoms with Crippen molar-refractivity contribution in [2.24, 2.45) is 0 Å². The summed E-state index contributed by atoms with van der Waals surface area (Å²) in [6.45, 7) is 0.290. The molecule has 0 atom stereocenters. The van der Waals surface area contributed by atoms with E-state index in [1.807, 2.05) is 6.07 Å². The lowest BCUT2D eigenvalue weighted by Gasteiger charge is -2.10. The summed E-state index contributed by atoms with van der Waals surface area (Å²) in [7, 11) is -3.79. The van der Waals surface area contributed by atoms with E-state index in [0.29, 0.717) is 17.3 Å². The molecule has 27 heavy (non-hydrogen) atoms. The standard InChI is InChI=1S/C20H17ClN2O3S/c21-17-8-4-6-15(12-17)14-22-20(24)16-7-5-11-19(13-16)27(25,26)23-18-9-2-1-3-10-18/h1-13,23H,14H2,(H,22,24). The normalized spacial score (nSPS) is 11.0. The molecule has 3 rings (SSSR count). The van der Waals surface area contributed by atoms with Crippen LogP contribution in [0.25, 0.3) is 0 Å². The Morgan fingerprint density at radius 1 is 0.889 bits per heavy atom. The van der Waals surface area contributed by atoms with Gasteiger partial charge in [0.25, 0.3) is 15.9 Å². The van der Waals surface area contributed by atoms with Crippen molar-refractivity contribution in [1.29, 1.82) is 0 Å². The Balaban J connectivity index is 1.73. The van der Waals surface area contributed by atoms with E-state index >= 15 is 0 Å². The molecule has 0 fully saturated rings. The van der Waals surface area contributed by atoms with Crippen LogP contribution in [0.4, 0.5) is 5.69 Å². The molecule has 3 aromatic carbocycles. The Labute approximate surface area is 163 Å². The number of hydrogen-bond donors (Lipinski definition) is 2. The molecule has 0 aliphatic heterocycles. The first-order valence-electron chi connectivity index (χ1n) is 8.15. The minimum Gasteiger partial charge on any atom is -0.348 e. The van der Waals surface area contributed by atoms with Crippen LogP contribution < -0.4 is 10.0 Å². The zero-order valence-electron chi connectivity index (χ0n) is 14.2. The van der Waals surface area contributed by atoms with Crippen LogP contribution in [0.1, 0.15) is 15.9 Å². The molecule has 0 saturated carbocycles. The molecule has 7 heteroatoms. The fourth-order valence-electron chi connectivity index (χ4n) is 2.46. The molecule has 0 aromatic heterocycles. The Morgan fingerprint density at radius 2 is 1.63 bits per heavy atom. The molecule has 0 heterocycles. The van der Waals surface area contributed by atoms with Crippen molar-refractivity contribution in [3.8, 4) is 0 Å². The number of para-hydroxylation sites is 1. The van der Waals surface area contributed by atoms with Crippen molar-refractivity contribution in [3.63, 3.8) is 0 Å². The van der Waals surface area contributed by atoms with Crippen molar-refractivity contribution in [3.05, 3.63) is 95.0 Å². The molecule has 0 radical (unpaired) electrons. The molecular weight excluding hydrogens is 384 g/mol. The van der Waals surface area contributed by atoms with Crippen LogP contribution in [0.3, 0.4) is 0 Å². The van der Waals surface area contributed by atoms with E-state index in [0.717, 1.165) is 5.56 Å². The van der Waals surface area contributed by atoms with Crippen LogP contribution in [0.5, 0.6) is 0 Å². The average Bonchev–Trinajstić information content (AvgIpc) is 2.67. The first-order valence-corrected chi connectivity index (χ1v) is 10.0. The second-order valence-electron chi connectivity index (χ2n) is 5.81. The molecule has 0 saturated heterocycles. The summed E-state index contributed by atoms with van der Waals surface area (Å²) in [4.78, 5) is 12.4. The second-order valence-corrected chi connectivity index (χ2v) is 7.93. The first kappa shape index (κ1) is 18.9. The third-order valence-corrected chi connectivity index (χ3v) is 5.39. The number of benzene rings is 3. The zero-order chi connectivity index (χ0) is 19.3. The van der Waals surface area contributed by atoms with Gasteiger partial charge in [-0.2, -0.15) is 0 Å². The molecule has 3 aromatic rings. The van der Waals surface area contributed by atoms with Crippen LogP contribution in [-0.2, 0) is 16.6 Å². The number of rotatable bonds is 6. The molecule has 0 aliphatic carbocycles. The number of carbonyl (C=O) groups is 1. The van der Waals surface area contributed by atoms with Crippen LogP contribution in [0.2, 0.25) is 5.02 Å². The maximum atomic E-state index is 12.5. The minimum absolute atomic E-state index is 0.0155. The number of sulfonamides is 1. The van der Waals surface area contributed by atoms with E-state index in [-0.39, 0.29) is 16.4 Å². The van der Waals surface area contributed by atoms with Gasteiger partial charge in [0.1, 0.15) is 0 Å². The van der Waals surface area contributed by atoms with E-state index in [4.69, 9.17) is 11.6 Å². The molecule has 0 unspecified atom stereocenters. The van der Waals surface area contributed by atoms with Gasteiger partial charge in [-0.1, -0.05) is 48.0 Å². The van der Waals surface area contributed by atoms with Gasteiger partial charge >= 0.3 is 0 Å². The van der Waals surface area contributed by atoms with Crippen molar-refractivity contribution in [1.82, 2.24) is 5.32 Å². The summed E-state index contributed by atoms with van der Waals surface area (Å²) in [6.07, 6.45) is 0. The van der Waals surface area contributed by atoms with Gasteiger partial charge in [0.15, 0.2) is 0 Å². The Morgan fingerprint density at radius 3 is 2.37 bits per heavy atom. The van der Waals surface area contributed by atoms with Crippen molar-refractivity contribution in [2.75, 3.05) is 4.72 Å². The number of nitrogens with one attached hydrogen (secondary N) is 2. The van der Waals surface area contributed by atoms with Crippen LogP contribution in [0, 0.1) is 0 Å². The molecular formula is C20H17ClN2O3S. The molecule has 138 valence electrons. The van der Waals surface area contributed by atoms with Gasteiger partial charge in [-0.15, -0.1) is 0 Å². The lowest BCUT2D eigenvalue weighted by atomic mass is 10.2. The highest BCUT2D eigenvalue weighted by Crippen LogP contribution is 2.17. The first-order chi connectivity index (χ1) is 12.9. The highest BCUT2D eigenvalue weighted by Gasteiger charge is 2.16. The topological polar surface area (TPSA) is 75.3 Å². The van der Waals surface area contributed by atoms with Gasteiger partial charge < -0.3 is 5.32 Å². The quantitative estimate of drug-likeness (QED) is 0.654. The van der Waals surface area contributed by atoms with Crippen LogP contribution >= 0.6 is 11.6 Å². The van der Waals surface area contributed by atoms with Crippen molar-refractivity contribution in [2.45, 2.75) is 11.4 Å². The lowest BCUT2D eigenvalue weighted by molar-refractivity contribution is 0.0950. The Bertz CT molecular complexity index is 1050. The second kappa shape index (κ2) is 8.24. The Kier molecular flexibility index (Phi) is 5.78. The summed E-state index contributed by atoms with van der Waals surface area (Å²) in [5.74, 6) is -0.369. The molecule has 0 aliphatic rings. The molecule has 1 amide bonds. The van der Waals surface area contributed by atoms with Gasteiger partial charge in [0.05, 0.1) is 4.90 Å². The number of hydrogen-bond acceptors (Lipinski definition) is 3. The number of amides is 1. The minimum atomic E-state index is -3.79. The highest BCUT2D eigenvalue weighted by molar-refractivity contribution is 7.92. The van der Waals surface area contributed by atoms with E-state index in [9.17, 15) is 13.2 Å². The predicted octanol–water partition coefficient (Wildman–Crippen LogP) is 4.07. The number of anilines is 1. The van der Waals surface area contributed by atoms with Crippen molar-refractivity contribution < 1.29 is 13.2 Å². The van der Waals surface area contributed by atoms with Gasteiger partial charge in [0, 0.05) is 22.8 Å². The monoisotopic (exact) mass is 400 g/mol. The predicted molar refractivity (Wildman–Crippen MR) is 106 cm³/mol. The van der Waals surface area contributed by atoms with Gasteiger partial charge in [-0.25, -0.2) is 8.42 Å². The summed E-state index contributed by atoms with van der Waals surface area (Å²) < 4.78 is 27.6. The fraction of sp³-hybridized carbons (Fsp3) is 0.0500. The SMILES string of the molecule is O=C(NCc1cccc(Cl)c1)c1cccc(S(=O)(=O)Nc2ccccc2)c1. The van der Waals surface area contributed by atoms with Gasteiger partial charge in [-0.05, 0) is 48.0 Å². The third kappa shape index (κ3) is 5.09. The molecule has 5 nitrogen and oxygen atoms in total. The molecule has 2 N–H and O–H groups in total. The summed E-state index contributed by atoms with van der Waals surface area (Å²) >= 11 is 5.93. The number of carbonyl (C=O) groups excluding carboxylic acids is 1. The summed E-state index contributed by atoms with van der Waals surface area (Å²) in [5, 5.41) is 3.34. The lowest BCUT2D eigenvalue weighted by Crippen LogP contribution is -2.23. The van der Waals surface area contributed by atoms with E-state index in [1.165, 1.54) is 18.2 Å². The zero-order valence-corrected chi connectivity index (χ0v) is 15.8. The fourth-order valence-corrected chi connectivity index (χ4v) is 3.77. The average molecular weight is 401 g/mol. The third-order valence-electron chi connectivity index (χ3n) is 3.77. The largest absolute Gasteiger partial charge is 0.348 e. The van der Waals surface area contributed by atoms with Gasteiger partial charge in [-0.3, -0.25) is 9.52 Å².